The summed E-state index contributed by atoms with van der Waals surface area (Å²) in [5.74, 6) is 7.17. The lowest BCUT2D eigenvalue weighted by molar-refractivity contribution is -0.113. The van der Waals surface area contributed by atoms with Crippen LogP contribution in [0.2, 0.25) is 0 Å². The third kappa shape index (κ3) is 4.78. The van der Waals surface area contributed by atoms with E-state index in [9.17, 15) is 0 Å². The van der Waals surface area contributed by atoms with Gasteiger partial charge in [-0.25, -0.2) is 0 Å². The zero-order chi connectivity index (χ0) is 22.9. The molecule has 0 amide bonds. The summed E-state index contributed by atoms with van der Waals surface area (Å²) in [6, 6.07) is 0. The molecule has 1 N–H and O–H groups in total. The summed E-state index contributed by atoms with van der Waals surface area (Å²) >= 11 is 1.90. The Morgan fingerprint density at radius 1 is 0.903 bits per heavy atom. The smallest absolute Gasteiger partial charge is 0.0109 e. The van der Waals surface area contributed by atoms with Crippen molar-refractivity contribution in [3.63, 3.8) is 0 Å². The molecule has 0 aliphatic heterocycles. The second-order valence-electron chi connectivity index (χ2n) is 12.8. The van der Waals surface area contributed by atoms with Gasteiger partial charge in [-0.05, 0) is 117 Å². The largest absolute Gasteiger partial charge is 0.267 e. The van der Waals surface area contributed by atoms with E-state index in [2.05, 4.69) is 46.4 Å². The fourth-order valence-electron chi connectivity index (χ4n) is 9.01. The molecule has 0 saturated heterocycles. The first-order valence-electron chi connectivity index (χ1n) is 14.0. The average Bonchev–Trinajstić information content (AvgIpc) is 3.08. The third-order valence-electron chi connectivity index (χ3n) is 11.4. The Morgan fingerprint density at radius 3 is 2.32 bits per heavy atom. The van der Waals surface area contributed by atoms with Crippen LogP contribution in [0, 0.1) is 51.8 Å². The fourth-order valence-corrected chi connectivity index (χ4v) is 9.88. The van der Waals surface area contributed by atoms with Crippen molar-refractivity contribution >= 4 is 11.9 Å². The molecule has 4 saturated carbocycles. The molecule has 0 radical (unpaired) electrons. The summed E-state index contributed by atoms with van der Waals surface area (Å²) < 4.78 is 3.29. The number of fused-ring (bicyclic) bond motifs is 5. The Morgan fingerprint density at radius 2 is 1.61 bits per heavy atom. The Labute approximate surface area is 200 Å². The van der Waals surface area contributed by atoms with Gasteiger partial charge in [0.25, 0.3) is 0 Å². The fraction of sp³-hybridized carbons (Fsp3) is 1.00. The summed E-state index contributed by atoms with van der Waals surface area (Å²) in [4.78, 5) is 0. The van der Waals surface area contributed by atoms with Crippen LogP contribution in [0.4, 0.5) is 0 Å². The van der Waals surface area contributed by atoms with E-state index in [1.807, 2.05) is 25.8 Å². The predicted octanol–water partition coefficient (Wildman–Crippen LogP) is 8.98. The van der Waals surface area contributed by atoms with Gasteiger partial charge in [0, 0.05) is 5.75 Å². The monoisotopic (exact) mass is 449 g/mol. The predicted molar refractivity (Wildman–Crippen MR) is 140 cm³/mol. The molecule has 1 nitrogen and oxygen atoms in total. The van der Waals surface area contributed by atoms with E-state index in [-0.39, 0.29) is 0 Å². The van der Waals surface area contributed by atoms with E-state index >= 15 is 0 Å². The Bertz CT molecular complexity index is 573. The van der Waals surface area contributed by atoms with E-state index in [0.717, 1.165) is 35.5 Å². The van der Waals surface area contributed by atoms with Gasteiger partial charge >= 0.3 is 0 Å². The lowest BCUT2D eigenvalue weighted by Crippen LogP contribution is -2.52. The van der Waals surface area contributed by atoms with Crippen molar-refractivity contribution < 1.29 is 0 Å². The minimum absolute atomic E-state index is 0.455. The minimum Gasteiger partial charge on any atom is -0.267 e. The standard InChI is InChI=1S/C27H49NS.C2H6/c1-19(18-29-28-6)25(2,3)17-21-11-13-23-22-12-10-20-9-7-8-15-26(20,4)24(22)14-16-27(21,23)5;1-2/h19-24,28H,7-18H2,1-6H3;1-2H3. The van der Waals surface area contributed by atoms with E-state index in [0.29, 0.717) is 16.2 Å². The highest BCUT2D eigenvalue weighted by Gasteiger charge is 2.59. The SMILES string of the molecule is CC.CNSCC(C)C(C)(C)CC1CCC2C3CCC4CCCCC4(C)C3CCC12C. The molecular weight excluding hydrogens is 394 g/mol. The summed E-state index contributed by atoms with van der Waals surface area (Å²) in [6.07, 6.45) is 16.8. The maximum atomic E-state index is 3.29. The maximum absolute atomic E-state index is 3.29. The van der Waals surface area contributed by atoms with Gasteiger partial charge in [-0.3, -0.25) is 4.72 Å². The lowest BCUT2D eigenvalue weighted by Gasteiger charge is -2.61. The molecule has 8 unspecified atom stereocenters. The molecule has 0 spiro atoms. The molecule has 182 valence electrons. The molecule has 0 aromatic rings. The van der Waals surface area contributed by atoms with Gasteiger partial charge in [-0.1, -0.05) is 73.3 Å². The average molecular weight is 450 g/mol. The van der Waals surface area contributed by atoms with Gasteiger partial charge < -0.3 is 0 Å². The van der Waals surface area contributed by atoms with Crippen LogP contribution in [0.5, 0.6) is 0 Å². The molecule has 4 rings (SSSR count). The van der Waals surface area contributed by atoms with Crippen molar-refractivity contribution in [2.45, 2.75) is 119 Å². The Kier molecular flexibility index (Phi) is 8.60. The Hall–Kier alpha value is 0.310. The van der Waals surface area contributed by atoms with E-state index in [1.165, 1.54) is 37.9 Å². The van der Waals surface area contributed by atoms with Crippen molar-refractivity contribution in [2.24, 2.45) is 51.8 Å². The molecular formula is C29H55NS. The van der Waals surface area contributed by atoms with Gasteiger partial charge in [0.1, 0.15) is 0 Å². The third-order valence-corrected chi connectivity index (χ3v) is 12.3. The quantitative estimate of drug-likeness (QED) is 0.406. The van der Waals surface area contributed by atoms with Crippen LogP contribution < -0.4 is 4.72 Å². The van der Waals surface area contributed by atoms with Crippen molar-refractivity contribution in [3.05, 3.63) is 0 Å². The molecule has 31 heavy (non-hydrogen) atoms. The molecule has 0 heterocycles. The van der Waals surface area contributed by atoms with Crippen LogP contribution in [0.1, 0.15) is 119 Å². The van der Waals surface area contributed by atoms with Gasteiger partial charge in [-0.15, -0.1) is 0 Å². The molecule has 2 heteroatoms. The van der Waals surface area contributed by atoms with Crippen molar-refractivity contribution in [1.82, 2.24) is 4.72 Å². The van der Waals surface area contributed by atoms with Crippen LogP contribution in [0.3, 0.4) is 0 Å². The van der Waals surface area contributed by atoms with Gasteiger partial charge in [-0.2, -0.15) is 0 Å². The summed E-state index contributed by atoms with van der Waals surface area (Å²) in [5.41, 5.74) is 1.78. The summed E-state index contributed by atoms with van der Waals surface area (Å²) in [6.45, 7) is 17.1. The minimum atomic E-state index is 0.455. The Balaban J connectivity index is 0.00000132. The van der Waals surface area contributed by atoms with Crippen molar-refractivity contribution in [2.75, 3.05) is 12.8 Å². The first kappa shape index (κ1) is 25.9. The number of hydrogen-bond donors (Lipinski definition) is 1. The molecule has 8 atom stereocenters. The molecule has 4 aliphatic carbocycles. The second-order valence-corrected chi connectivity index (χ2v) is 13.9. The normalized spacial score (nSPS) is 43.2. The van der Waals surface area contributed by atoms with E-state index < -0.39 is 0 Å². The highest BCUT2D eigenvalue weighted by Crippen LogP contribution is 2.68. The number of hydrogen-bond acceptors (Lipinski definition) is 2. The van der Waals surface area contributed by atoms with Gasteiger partial charge in [0.2, 0.25) is 0 Å². The van der Waals surface area contributed by atoms with E-state index in [4.69, 9.17) is 0 Å². The first-order valence-corrected chi connectivity index (χ1v) is 15.0. The summed E-state index contributed by atoms with van der Waals surface area (Å²) in [7, 11) is 2.06. The first-order chi connectivity index (χ1) is 14.7. The van der Waals surface area contributed by atoms with Crippen LogP contribution in [0.15, 0.2) is 0 Å². The lowest BCUT2D eigenvalue weighted by atomic mass is 9.44. The van der Waals surface area contributed by atoms with Crippen molar-refractivity contribution in [1.29, 1.82) is 0 Å². The van der Waals surface area contributed by atoms with Crippen LogP contribution in [-0.4, -0.2) is 12.8 Å². The van der Waals surface area contributed by atoms with Crippen molar-refractivity contribution in [3.8, 4) is 0 Å². The van der Waals surface area contributed by atoms with Gasteiger partial charge in [0.15, 0.2) is 0 Å². The number of rotatable bonds is 6. The van der Waals surface area contributed by atoms with Crippen LogP contribution >= 0.6 is 11.9 Å². The van der Waals surface area contributed by atoms with Gasteiger partial charge in [0.05, 0.1) is 0 Å². The summed E-state index contributed by atoms with van der Waals surface area (Å²) in [5, 5.41) is 0. The van der Waals surface area contributed by atoms with Crippen LogP contribution in [0.25, 0.3) is 0 Å². The molecule has 4 aliphatic rings. The maximum Gasteiger partial charge on any atom is 0.0109 e. The highest BCUT2D eigenvalue weighted by molar-refractivity contribution is 7.97. The van der Waals surface area contributed by atoms with E-state index in [1.54, 1.807) is 38.5 Å². The molecule has 4 fully saturated rings. The topological polar surface area (TPSA) is 12.0 Å². The number of nitrogens with one attached hydrogen (secondary N) is 1. The molecule has 0 aromatic carbocycles. The highest BCUT2D eigenvalue weighted by atomic mass is 32.2. The zero-order valence-corrected chi connectivity index (χ0v) is 23.2. The van der Waals surface area contributed by atoms with Crippen LogP contribution in [-0.2, 0) is 0 Å². The molecule has 0 aromatic heterocycles. The second kappa shape index (κ2) is 10.3. The zero-order valence-electron chi connectivity index (χ0n) is 22.4. The molecule has 0 bridgehead atoms.